The number of methoxy groups -OCH3 is 2. The van der Waals surface area contributed by atoms with Crippen LogP contribution in [0.3, 0.4) is 0 Å². The highest BCUT2D eigenvalue weighted by Gasteiger charge is 2.21. The molecule has 0 radical (unpaired) electrons. The highest BCUT2D eigenvalue weighted by Crippen LogP contribution is 2.33. The third-order valence-corrected chi connectivity index (χ3v) is 5.11. The fourth-order valence-corrected chi connectivity index (χ4v) is 3.57. The first-order valence-electron chi connectivity index (χ1n) is 10.5. The summed E-state index contributed by atoms with van der Waals surface area (Å²) in [4.78, 5) is 23.4. The summed E-state index contributed by atoms with van der Waals surface area (Å²) in [6.07, 6.45) is 1.18. The van der Waals surface area contributed by atoms with Crippen LogP contribution in [0.4, 0.5) is 5.82 Å². The molecule has 0 unspecified atom stereocenters. The number of aliphatic imine (C=N–C) groups is 1. The maximum absolute atomic E-state index is 12.3. The summed E-state index contributed by atoms with van der Waals surface area (Å²) in [5, 5.41) is 6.17. The lowest BCUT2D eigenvalue weighted by Crippen LogP contribution is -2.44. The van der Waals surface area contributed by atoms with E-state index in [9.17, 15) is 4.79 Å². The van der Waals surface area contributed by atoms with Crippen LogP contribution in [-0.2, 0) is 17.8 Å². The lowest BCUT2D eigenvalue weighted by Gasteiger charge is -2.32. The van der Waals surface area contributed by atoms with E-state index in [4.69, 9.17) is 9.47 Å². The van der Waals surface area contributed by atoms with Crippen molar-refractivity contribution >= 4 is 41.7 Å². The molecule has 3 rings (SSSR count). The number of benzene rings is 1. The standard InChI is InChI=1S/C23H31N5O3.HI/c1-5-24-23(25-11-9-22(29)27-21-8-6-7-16(2)26-21)28-12-10-17-13-19(30-3)20(31-4)14-18(17)15-28;/h6-8,13-14H,5,9-12,15H2,1-4H3,(H,24,25)(H,26,27,29);1H. The Morgan fingerprint density at radius 2 is 1.91 bits per heavy atom. The van der Waals surface area contributed by atoms with Crippen LogP contribution in [0, 0.1) is 6.92 Å². The predicted octanol–water partition coefficient (Wildman–Crippen LogP) is 3.38. The van der Waals surface area contributed by atoms with Crippen LogP contribution < -0.4 is 20.1 Å². The van der Waals surface area contributed by atoms with Gasteiger partial charge in [0.15, 0.2) is 17.5 Å². The molecule has 9 heteroatoms. The molecule has 0 atom stereocenters. The van der Waals surface area contributed by atoms with Crippen LogP contribution in [-0.4, -0.2) is 55.6 Å². The van der Waals surface area contributed by atoms with Gasteiger partial charge in [0.05, 0.1) is 20.8 Å². The first-order valence-corrected chi connectivity index (χ1v) is 10.5. The van der Waals surface area contributed by atoms with Crippen molar-refractivity contribution in [2.24, 2.45) is 4.99 Å². The van der Waals surface area contributed by atoms with Crippen molar-refractivity contribution in [2.45, 2.75) is 33.2 Å². The Kier molecular flexibility index (Phi) is 10.0. The van der Waals surface area contributed by atoms with Crippen molar-refractivity contribution in [3.05, 3.63) is 47.2 Å². The fraction of sp³-hybridized carbons (Fsp3) is 0.435. The Hall–Kier alpha value is -2.56. The van der Waals surface area contributed by atoms with Gasteiger partial charge in [0.1, 0.15) is 5.82 Å². The number of fused-ring (bicyclic) bond motifs is 1. The van der Waals surface area contributed by atoms with Crippen molar-refractivity contribution in [2.75, 3.05) is 39.2 Å². The highest BCUT2D eigenvalue weighted by atomic mass is 127. The Morgan fingerprint density at radius 1 is 1.19 bits per heavy atom. The van der Waals surface area contributed by atoms with E-state index >= 15 is 0 Å². The average Bonchev–Trinajstić information content (AvgIpc) is 2.77. The molecule has 0 bridgehead atoms. The molecule has 0 spiro atoms. The largest absolute Gasteiger partial charge is 0.493 e. The molecule has 8 nitrogen and oxygen atoms in total. The summed E-state index contributed by atoms with van der Waals surface area (Å²) in [7, 11) is 3.30. The lowest BCUT2D eigenvalue weighted by atomic mass is 9.99. The Labute approximate surface area is 206 Å². The van der Waals surface area contributed by atoms with Crippen molar-refractivity contribution in [1.29, 1.82) is 0 Å². The highest BCUT2D eigenvalue weighted by molar-refractivity contribution is 14.0. The van der Waals surface area contributed by atoms with E-state index in [-0.39, 0.29) is 29.9 Å². The normalized spacial score (nSPS) is 13.0. The molecule has 0 aliphatic carbocycles. The summed E-state index contributed by atoms with van der Waals surface area (Å²) in [6.45, 7) is 6.65. The van der Waals surface area contributed by atoms with Gasteiger partial charge in [-0.2, -0.15) is 0 Å². The van der Waals surface area contributed by atoms with Crippen LogP contribution >= 0.6 is 24.0 Å². The van der Waals surface area contributed by atoms with Gasteiger partial charge in [-0.25, -0.2) is 4.98 Å². The molecule has 174 valence electrons. The summed E-state index contributed by atoms with van der Waals surface area (Å²) in [5.74, 6) is 2.76. The monoisotopic (exact) mass is 553 g/mol. The second-order valence-corrected chi connectivity index (χ2v) is 7.35. The number of anilines is 1. The number of carbonyl (C=O) groups excluding carboxylic acids is 1. The second-order valence-electron chi connectivity index (χ2n) is 7.35. The molecule has 1 aromatic carbocycles. The smallest absolute Gasteiger partial charge is 0.227 e. The Bertz CT molecular complexity index is 951. The summed E-state index contributed by atoms with van der Waals surface area (Å²) < 4.78 is 10.9. The number of aryl methyl sites for hydroxylation is 1. The van der Waals surface area contributed by atoms with E-state index in [2.05, 4.69) is 31.6 Å². The number of guanidine groups is 1. The van der Waals surface area contributed by atoms with E-state index in [0.717, 1.165) is 49.2 Å². The van der Waals surface area contributed by atoms with Gasteiger partial charge in [0.2, 0.25) is 5.91 Å². The average molecular weight is 553 g/mol. The van der Waals surface area contributed by atoms with E-state index in [1.807, 2.05) is 32.0 Å². The fourth-order valence-electron chi connectivity index (χ4n) is 3.57. The first kappa shape index (κ1) is 25.7. The molecule has 32 heavy (non-hydrogen) atoms. The van der Waals surface area contributed by atoms with Crippen LogP contribution in [0.1, 0.15) is 30.2 Å². The number of ether oxygens (including phenoxy) is 2. The van der Waals surface area contributed by atoms with E-state index in [1.165, 1.54) is 11.1 Å². The number of nitrogens with zero attached hydrogens (tertiary/aromatic N) is 3. The molecule has 0 saturated carbocycles. The van der Waals surface area contributed by atoms with Crippen molar-refractivity contribution < 1.29 is 14.3 Å². The number of hydrogen-bond acceptors (Lipinski definition) is 5. The van der Waals surface area contributed by atoms with Crippen LogP contribution in [0.5, 0.6) is 11.5 Å². The minimum Gasteiger partial charge on any atom is -0.493 e. The maximum Gasteiger partial charge on any atom is 0.227 e. The van der Waals surface area contributed by atoms with Gasteiger partial charge < -0.3 is 25.0 Å². The molecule has 1 amide bonds. The number of pyridine rings is 1. The molecule has 2 heterocycles. The van der Waals surface area contributed by atoms with E-state index < -0.39 is 0 Å². The maximum atomic E-state index is 12.3. The number of nitrogens with one attached hydrogen (secondary N) is 2. The number of halogens is 1. The number of amides is 1. The number of carbonyl (C=O) groups is 1. The van der Waals surface area contributed by atoms with Gasteiger partial charge in [0, 0.05) is 31.7 Å². The van der Waals surface area contributed by atoms with Crippen molar-refractivity contribution in [1.82, 2.24) is 15.2 Å². The van der Waals surface area contributed by atoms with Gasteiger partial charge in [0.25, 0.3) is 0 Å². The van der Waals surface area contributed by atoms with Crippen LogP contribution in [0.15, 0.2) is 35.3 Å². The molecule has 1 aliphatic rings. The zero-order valence-electron chi connectivity index (χ0n) is 19.1. The zero-order valence-corrected chi connectivity index (χ0v) is 21.4. The molecular weight excluding hydrogens is 521 g/mol. The van der Waals surface area contributed by atoms with Gasteiger partial charge in [-0.15, -0.1) is 24.0 Å². The topological polar surface area (TPSA) is 88.1 Å². The van der Waals surface area contributed by atoms with Crippen LogP contribution in [0.25, 0.3) is 0 Å². The number of aromatic nitrogens is 1. The molecule has 1 aromatic heterocycles. The Morgan fingerprint density at radius 3 is 2.56 bits per heavy atom. The molecule has 0 fully saturated rings. The van der Waals surface area contributed by atoms with E-state index in [1.54, 1.807) is 20.3 Å². The summed E-state index contributed by atoms with van der Waals surface area (Å²) >= 11 is 0. The lowest BCUT2D eigenvalue weighted by molar-refractivity contribution is -0.116. The minimum atomic E-state index is -0.0986. The quantitative estimate of drug-likeness (QED) is 0.311. The van der Waals surface area contributed by atoms with Crippen molar-refractivity contribution in [3.63, 3.8) is 0 Å². The number of hydrogen-bond donors (Lipinski definition) is 2. The number of rotatable bonds is 7. The van der Waals surface area contributed by atoms with Crippen LogP contribution in [0.2, 0.25) is 0 Å². The molecular formula is C23H32IN5O3. The van der Waals surface area contributed by atoms with E-state index in [0.29, 0.717) is 18.8 Å². The third kappa shape index (κ3) is 6.72. The molecule has 2 aromatic rings. The Balaban J connectivity index is 0.00000363. The first-order chi connectivity index (χ1) is 15.0. The molecule has 0 saturated heterocycles. The third-order valence-electron chi connectivity index (χ3n) is 5.11. The predicted molar refractivity (Wildman–Crippen MR) is 137 cm³/mol. The summed E-state index contributed by atoms with van der Waals surface area (Å²) in [6, 6.07) is 9.64. The van der Waals surface area contributed by atoms with Gasteiger partial charge in [-0.3, -0.25) is 9.79 Å². The van der Waals surface area contributed by atoms with Gasteiger partial charge in [-0.05, 0) is 55.7 Å². The van der Waals surface area contributed by atoms with Gasteiger partial charge in [-0.1, -0.05) is 6.07 Å². The van der Waals surface area contributed by atoms with Gasteiger partial charge >= 0.3 is 0 Å². The molecule has 1 aliphatic heterocycles. The SMILES string of the molecule is CCNC(=NCCC(=O)Nc1cccc(C)n1)N1CCc2cc(OC)c(OC)cc2C1.I. The minimum absolute atomic E-state index is 0. The zero-order chi connectivity index (χ0) is 22.2. The molecule has 2 N–H and O–H groups in total. The summed E-state index contributed by atoms with van der Waals surface area (Å²) in [5.41, 5.74) is 3.32. The van der Waals surface area contributed by atoms with Crippen molar-refractivity contribution in [3.8, 4) is 11.5 Å². The second kappa shape index (κ2) is 12.5.